The monoisotopic (exact) mass is 357 g/mol. The minimum Gasteiger partial charge on any atom is -0.374 e. The second-order valence-electron chi connectivity index (χ2n) is 5.94. The van der Waals surface area contributed by atoms with Gasteiger partial charge in [0, 0.05) is 24.3 Å². The molecule has 0 atom stereocenters. The molecule has 26 heavy (non-hydrogen) atoms. The van der Waals surface area contributed by atoms with Gasteiger partial charge < -0.3 is 15.5 Å². The third kappa shape index (κ3) is 5.05. The van der Waals surface area contributed by atoms with Gasteiger partial charge in [-0.25, -0.2) is 4.39 Å². The predicted molar refractivity (Wildman–Crippen MR) is 102 cm³/mol. The maximum atomic E-state index is 13.7. The van der Waals surface area contributed by atoms with Crippen molar-refractivity contribution in [2.45, 2.75) is 20.8 Å². The van der Waals surface area contributed by atoms with Crippen molar-refractivity contribution in [3.05, 3.63) is 59.4 Å². The van der Waals surface area contributed by atoms with Crippen LogP contribution in [-0.4, -0.2) is 36.3 Å². The number of nitrogens with zero attached hydrogens (tertiary/aromatic N) is 1. The Morgan fingerprint density at radius 3 is 2.27 bits per heavy atom. The molecular weight excluding hydrogens is 333 g/mol. The van der Waals surface area contributed by atoms with E-state index < -0.39 is 5.82 Å². The third-order valence-corrected chi connectivity index (χ3v) is 4.03. The average Bonchev–Trinajstić information content (AvgIpc) is 2.62. The first kappa shape index (κ1) is 19.4. The van der Waals surface area contributed by atoms with Crippen molar-refractivity contribution in [1.82, 2.24) is 4.90 Å². The van der Waals surface area contributed by atoms with E-state index in [1.807, 2.05) is 13.8 Å². The number of carbonyl (C=O) groups is 2. The summed E-state index contributed by atoms with van der Waals surface area (Å²) in [5.74, 6) is -0.728. The highest BCUT2D eigenvalue weighted by Gasteiger charge is 2.12. The van der Waals surface area contributed by atoms with Crippen LogP contribution in [0.25, 0.3) is 0 Å². The van der Waals surface area contributed by atoms with E-state index >= 15 is 0 Å². The van der Waals surface area contributed by atoms with Crippen molar-refractivity contribution < 1.29 is 14.0 Å². The van der Waals surface area contributed by atoms with E-state index in [4.69, 9.17) is 0 Å². The molecule has 2 rings (SSSR count). The zero-order valence-corrected chi connectivity index (χ0v) is 15.3. The number of carbonyl (C=O) groups excluding carboxylic acids is 2. The van der Waals surface area contributed by atoms with Crippen LogP contribution in [0.4, 0.5) is 15.8 Å². The summed E-state index contributed by atoms with van der Waals surface area (Å²) in [4.78, 5) is 26.0. The van der Waals surface area contributed by atoms with Crippen molar-refractivity contribution >= 4 is 23.2 Å². The zero-order valence-electron chi connectivity index (χ0n) is 15.3. The molecule has 0 heterocycles. The lowest BCUT2D eigenvalue weighted by Crippen LogP contribution is -2.30. The van der Waals surface area contributed by atoms with E-state index in [9.17, 15) is 14.0 Å². The molecular formula is C20H24FN3O2. The third-order valence-electron chi connectivity index (χ3n) is 4.03. The summed E-state index contributed by atoms with van der Waals surface area (Å²) < 4.78 is 13.7. The Hall–Kier alpha value is -2.89. The lowest BCUT2D eigenvalue weighted by atomic mass is 10.1. The van der Waals surface area contributed by atoms with E-state index in [2.05, 4.69) is 10.6 Å². The van der Waals surface area contributed by atoms with Gasteiger partial charge in [0.05, 0.1) is 12.2 Å². The van der Waals surface area contributed by atoms with Crippen molar-refractivity contribution in [3.63, 3.8) is 0 Å². The van der Waals surface area contributed by atoms with Crippen molar-refractivity contribution in [1.29, 1.82) is 0 Å². The van der Waals surface area contributed by atoms with E-state index in [1.54, 1.807) is 48.2 Å². The van der Waals surface area contributed by atoms with Crippen LogP contribution in [0.5, 0.6) is 0 Å². The number of hydrogen-bond acceptors (Lipinski definition) is 3. The Labute approximate surface area is 153 Å². The molecule has 5 nitrogen and oxygen atoms in total. The molecule has 0 fully saturated rings. The molecule has 0 unspecified atom stereocenters. The topological polar surface area (TPSA) is 61.4 Å². The first-order valence-electron chi connectivity index (χ1n) is 8.63. The van der Waals surface area contributed by atoms with Crippen LogP contribution < -0.4 is 10.6 Å². The number of anilines is 2. The molecule has 0 aliphatic heterocycles. The van der Waals surface area contributed by atoms with Crippen LogP contribution in [-0.2, 0) is 4.79 Å². The molecule has 2 amide bonds. The lowest BCUT2D eigenvalue weighted by molar-refractivity contribution is -0.114. The second-order valence-corrected chi connectivity index (χ2v) is 5.94. The summed E-state index contributed by atoms with van der Waals surface area (Å²) in [5.41, 5.74) is 2.26. The van der Waals surface area contributed by atoms with Crippen LogP contribution in [0.2, 0.25) is 0 Å². The minimum absolute atomic E-state index is 0.0376. The van der Waals surface area contributed by atoms with Gasteiger partial charge in [-0.3, -0.25) is 9.59 Å². The van der Waals surface area contributed by atoms with Gasteiger partial charge in [-0.2, -0.15) is 0 Å². The van der Waals surface area contributed by atoms with E-state index in [1.165, 1.54) is 6.07 Å². The fraction of sp³-hybridized carbons (Fsp3) is 0.300. The summed E-state index contributed by atoms with van der Waals surface area (Å²) in [5, 5.41) is 5.49. The van der Waals surface area contributed by atoms with Gasteiger partial charge in [0.2, 0.25) is 5.91 Å². The molecule has 0 aliphatic rings. The highest BCUT2D eigenvalue weighted by Crippen LogP contribution is 2.15. The molecule has 0 bridgehead atoms. The van der Waals surface area contributed by atoms with Gasteiger partial charge in [0.25, 0.3) is 5.91 Å². The number of benzene rings is 2. The average molecular weight is 357 g/mol. The van der Waals surface area contributed by atoms with Crippen molar-refractivity contribution in [3.8, 4) is 0 Å². The Morgan fingerprint density at radius 1 is 1.04 bits per heavy atom. The Bertz CT molecular complexity index is 771. The second kappa shape index (κ2) is 8.99. The van der Waals surface area contributed by atoms with Crippen LogP contribution in [0.1, 0.15) is 29.8 Å². The highest BCUT2D eigenvalue weighted by molar-refractivity contribution is 5.96. The fourth-order valence-corrected chi connectivity index (χ4v) is 2.53. The van der Waals surface area contributed by atoms with Crippen molar-refractivity contribution in [2.24, 2.45) is 0 Å². The fourth-order valence-electron chi connectivity index (χ4n) is 2.53. The summed E-state index contributed by atoms with van der Waals surface area (Å²) in [6.45, 7) is 6.90. The molecule has 6 heteroatoms. The molecule has 0 aliphatic carbocycles. The number of amides is 2. The first-order chi connectivity index (χ1) is 12.4. The number of halogens is 1. The van der Waals surface area contributed by atoms with Gasteiger partial charge in [0.1, 0.15) is 5.82 Å². The normalized spacial score (nSPS) is 10.3. The highest BCUT2D eigenvalue weighted by atomic mass is 19.1. The standard InChI is InChI=1S/C20H24FN3O2/c1-4-24(5-2)20(26)15-7-9-16(10-8-15)23-19(25)13-22-18-11-6-14(3)12-17(18)21/h6-12,22H,4-5,13H2,1-3H3,(H,23,25). The molecule has 0 radical (unpaired) electrons. The zero-order chi connectivity index (χ0) is 19.1. The number of hydrogen-bond donors (Lipinski definition) is 2. The van der Waals surface area contributed by atoms with Crippen LogP contribution in [0, 0.1) is 12.7 Å². The minimum atomic E-state index is -0.392. The molecule has 2 aromatic rings. The SMILES string of the molecule is CCN(CC)C(=O)c1ccc(NC(=O)CNc2ccc(C)cc2F)cc1. The van der Waals surface area contributed by atoms with E-state index in [0.29, 0.717) is 24.3 Å². The molecule has 138 valence electrons. The quantitative estimate of drug-likeness (QED) is 0.795. The summed E-state index contributed by atoms with van der Waals surface area (Å²) >= 11 is 0. The molecule has 0 saturated heterocycles. The van der Waals surface area contributed by atoms with Gasteiger partial charge >= 0.3 is 0 Å². The van der Waals surface area contributed by atoms with Gasteiger partial charge in [-0.05, 0) is 62.7 Å². The maximum absolute atomic E-state index is 13.7. The summed E-state index contributed by atoms with van der Waals surface area (Å²) in [7, 11) is 0. The molecule has 0 saturated carbocycles. The van der Waals surface area contributed by atoms with Gasteiger partial charge in [0.15, 0.2) is 0 Å². The Balaban J connectivity index is 1.92. The van der Waals surface area contributed by atoms with Gasteiger partial charge in [-0.1, -0.05) is 6.07 Å². The summed E-state index contributed by atoms with van der Waals surface area (Å²) in [6.07, 6.45) is 0. The van der Waals surface area contributed by atoms with E-state index in [0.717, 1.165) is 5.56 Å². The smallest absolute Gasteiger partial charge is 0.253 e. The lowest BCUT2D eigenvalue weighted by Gasteiger charge is -2.18. The number of rotatable bonds is 7. The maximum Gasteiger partial charge on any atom is 0.253 e. The van der Waals surface area contributed by atoms with Crippen LogP contribution in [0.15, 0.2) is 42.5 Å². The molecule has 2 aromatic carbocycles. The first-order valence-corrected chi connectivity index (χ1v) is 8.63. The van der Waals surface area contributed by atoms with Gasteiger partial charge in [-0.15, -0.1) is 0 Å². The molecule has 0 aromatic heterocycles. The molecule has 2 N–H and O–H groups in total. The van der Waals surface area contributed by atoms with Crippen LogP contribution in [0.3, 0.4) is 0 Å². The van der Waals surface area contributed by atoms with Crippen molar-refractivity contribution in [2.75, 3.05) is 30.3 Å². The number of nitrogens with one attached hydrogen (secondary N) is 2. The number of aryl methyl sites for hydroxylation is 1. The Morgan fingerprint density at radius 2 is 1.69 bits per heavy atom. The van der Waals surface area contributed by atoms with E-state index in [-0.39, 0.29) is 24.0 Å². The van der Waals surface area contributed by atoms with Crippen LogP contribution >= 0.6 is 0 Å². The summed E-state index contributed by atoms with van der Waals surface area (Å²) in [6, 6.07) is 11.5. The Kier molecular flexibility index (Phi) is 6.72. The largest absolute Gasteiger partial charge is 0.374 e. The predicted octanol–water partition coefficient (Wildman–Crippen LogP) is 3.67. The molecule has 0 spiro atoms.